The fourth-order valence-corrected chi connectivity index (χ4v) is 0.494. The zero-order valence-corrected chi connectivity index (χ0v) is 5.75. The van der Waals surface area contributed by atoms with Crippen molar-refractivity contribution in [2.45, 2.75) is 18.8 Å². The molecule has 0 aliphatic heterocycles. The van der Waals surface area contributed by atoms with Crippen molar-refractivity contribution in [2.75, 3.05) is 14.2 Å². The monoisotopic (exact) mass is 156 g/mol. The van der Waals surface area contributed by atoms with Gasteiger partial charge in [0.15, 0.2) is 12.4 Å². The Hall–Kier alpha value is -0.260. The minimum atomic E-state index is -2.84. The van der Waals surface area contributed by atoms with E-state index in [9.17, 15) is 8.78 Å². The SMILES string of the molecule is COC(OC)C(O)C(F)F. The Balaban J connectivity index is 3.76. The Labute approximate surface area is 57.6 Å². The zero-order chi connectivity index (χ0) is 8.15. The molecule has 1 unspecified atom stereocenters. The third-order valence-corrected chi connectivity index (χ3v) is 1.00. The summed E-state index contributed by atoms with van der Waals surface area (Å²) >= 11 is 0. The molecule has 0 spiro atoms. The van der Waals surface area contributed by atoms with E-state index in [0.717, 1.165) is 0 Å². The lowest BCUT2D eigenvalue weighted by Gasteiger charge is -2.18. The first-order valence-electron chi connectivity index (χ1n) is 2.65. The van der Waals surface area contributed by atoms with Crippen LogP contribution in [0.4, 0.5) is 8.78 Å². The lowest BCUT2D eigenvalue weighted by Crippen LogP contribution is -2.35. The van der Waals surface area contributed by atoms with E-state index >= 15 is 0 Å². The molecule has 1 atom stereocenters. The number of hydrogen-bond donors (Lipinski definition) is 1. The molecule has 0 saturated heterocycles. The van der Waals surface area contributed by atoms with Crippen LogP contribution in [-0.2, 0) is 9.47 Å². The number of methoxy groups -OCH3 is 2. The van der Waals surface area contributed by atoms with Crippen LogP contribution < -0.4 is 0 Å². The minimum absolute atomic E-state index is 1.18. The van der Waals surface area contributed by atoms with Crippen LogP contribution in [0.3, 0.4) is 0 Å². The van der Waals surface area contributed by atoms with E-state index in [1.54, 1.807) is 0 Å². The third kappa shape index (κ3) is 2.55. The molecule has 0 heterocycles. The van der Waals surface area contributed by atoms with E-state index in [1.807, 2.05) is 0 Å². The summed E-state index contributed by atoms with van der Waals surface area (Å²) in [5, 5.41) is 8.59. The largest absolute Gasteiger partial charge is 0.382 e. The van der Waals surface area contributed by atoms with Gasteiger partial charge in [-0.3, -0.25) is 0 Å². The first-order valence-corrected chi connectivity index (χ1v) is 2.65. The normalized spacial score (nSPS) is 14.7. The summed E-state index contributed by atoms with van der Waals surface area (Å²) < 4.78 is 32.0. The highest BCUT2D eigenvalue weighted by Crippen LogP contribution is 2.08. The first-order chi connectivity index (χ1) is 4.63. The van der Waals surface area contributed by atoms with Gasteiger partial charge in [0.25, 0.3) is 6.43 Å². The Morgan fingerprint density at radius 1 is 1.20 bits per heavy atom. The standard InChI is InChI=1S/C5H10F2O3/c1-9-5(10-2)3(8)4(6)7/h3-5,8H,1-2H3. The van der Waals surface area contributed by atoms with Crippen LogP contribution in [0.1, 0.15) is 0 Å². The number of alkyl halides is 2. The molecule has 0 aliphatic rings. The Morgan fingerprint density at radius 2 is 1.60 bits per heavy atom. The van der Waals surface area contributed by atoms with Crippen LogP contribution in [0.2, 0.25) is 0 Å². The fourth-order valence-electron chi connectivity index (χ4n) is 0.494. The van der Waals surface area contributed by atoms with E-state index in [4.69, 9.17) is 5.11 Å². The molecule has 0 rings (SSSR count). The van der Waals surface area contributed by atoms with Crippen molar-refractivity contribution in [1.82, 2.24) is 0 Å². The van der Waals surface area contributed by atoms with E-state index in [-0.39, 0.29) is 0 Å². The molecule has 0 aromatic rings. The topological polar surface area (TPSA) is 38.7 Å². The van der Waals surface area contributed by atoms with Gasteiger partial charge in [0.2, 0.25) is 0 Å². The van der Waals surface area contributed by atoms with Gasteiger partial charge in [-0.1, -0.05) is 0 Å². The maximum Gasteiger partial charge on any atom is 0.269 e. The molecule has 0 amide bonds. The molecule has 0 aromatic carbocycles. The predicted octanol–water partition coefficient (Wildman–Crippen LogP) is 0.231. The van der Waals surface area contributed by atoms with Gasteiger partial charge in [-0.25, -0.2) is 8.78 Å². The summed E-state index contributed by atoms with van der Waals surface area (Å²) in [6, 6.07) is 0. The van der Waals surface area contributed by atoms with Crippen molar-refractivity contribution in [3.8, 4) is 0 Å². The molecular weight excluding hydrogens is 146 g/mol. The molecule has 0 saturated carbocycles. The van der Waals surface area contributed by atoms with Gasteiger partial charge in [-0.15, -0.1) is 0 Å². The van der Waals surface area contributed by atoms with Crippen LogP contribution in [0.25, 0.3) is 0 Å². The number of aliphatic hydroxyl groups excluding tert-OH is 1. The molecule has 1 N–H and O–H groups in total. The molecule has 0 radical (unpaired) electrons. The van der Waals surface area contributed by atoms with Crippen molar-refractivity contribution < 1.29 is 23.4 Å². The van der Waals surface area contributed by atoms with Crippen LogP contribution in [-0.4, -0.2) is 38.1 Å². The fraction of sp³-hybridized carbons (Fsp3) is 1.00. The molecule has 0 fully saturated rings. The second-order valence-corrected chi connectivity index (χ2v) is 1.66. The summed E-state index contributed by atoms with van der Waals surface area (Å²) in [5.74, 6) is 0. The van der Waals surface area contributed by atoms with Gasteiger partial charge in [0, 0.05) is 14.2 Å². The van der Waals surface area contributed by atoms with E-state index in [2.05, 4.69) is 9.47 Å². The lowest BCUT2D eigenvalue weighted by molar-refractivity contribution is -0.197. The average molecular weight is 156 g/mol. The lowest BCUT2D eigenvalue weighted by atomic mass is 10.3. The van der Waals surface area contributed by atoms with Crippen LogP contribution in [0.15, 0.2) is 0 Å². The predicted molar refractivity (Wildman–Crippen MR) is 29.8 cm³/mol. The van der Waals surface area contributed by atoms with Gasteiger partial charge >= 0.3 is 0 Å². The average Bonchev–Trinajstić information content (AvgIpc) is 1.90. The van der Waals surface area contributed by atoms with Crippen molar-refractivity contribution in [2.24, 2.45) is 0 Å². The second kappa shape index (κ2) is 4.54. The highest BCUT2D eigenvalue weighted by atomic mass is 19.3. The third-order valence-electron chi connectivity index (χ3n) is 1.00. The van der Waals surface area contributed by atoms with Gasteiger partial charge < -0.3 is 14.6 Å². The maximum atomic E-state index is 11.6. The Kier molecular flexibility index (Phi) is 4.42. The van der Waals surface area contributed by atoms with Gasteiger partial charge in [-0.2, -0.15) is 0 Å². The number of hydrogen-bond acceptors (Lipinski definition) is 3. The van der Waals surface area contributed by atoms with E-state index in [0.29, 0.717) is 0 Å². The number of aliphatic hydroxyl groups is 1. The highest BCUT2D eigenvalue weighted by Gasteiger charge is 2.27. The summed E-state index contributed by atoms with van der Waals surface area (Å²) in [6.07, 6.45) is -5.97. The smallest absolute Gasteiger partial charge is 0.269 e. The minimum Gasteiger partial charge on any atom is -0.382 e. The van der Waals surface area contributed by atoms with Gasteiger partial charge in [-0.05, 0) is 0 Å². The maximum absolute atomic E-state index is 11.6. The Morgan fingerprint density at radius 3 is 1.70 bits per heavy atom. The van der Waals surface area contributed by atoms with Gasteiger partial charge in [0.1, 0.15) is 0 Å². The van der Waals surface area contributed by atoms with Crippen molar-refractivity contribution in [1.29, 1.82) is 0 Å². The molecular formula is C5H10F2O3. The Bertz CT molecular complexity index is 85.0. The molecule has 10 heavy (non-hydrogen) atoms. The van der Waals surface area contributed by atoms with Crippen molar-refractivity contribution in [3.05, 3.63) is 0 Å². The number of halogens is 2. The molecule has 0 bridgehead atoms. The summed E-state index contributed by atoms with van der Waals surface area (Å²) in [4.78, 5) is 0. The van der Waals surface area contributed by atoms with Crippen molar-refractivity contribution >= 4 is 0 Å². The summed E-state index contributed by atoms with van der Waals surface area (Å²) in [5.41, 5.74) is 0. The molecule has 5 heteroatoms. The molecule has 0 aromatic heterocycles. The molecule has 62 valence electrons. The molecule has 3 nitrogen and oxygen atoms in total. The first kappa shape index (κ1) is 9.74. The van der Waals surface area contributed by atoms with Crippen LogP contribution in [0, 0.1) is 0 Å². The van der Waals surface area contributed by atoms with Crippen LogP contribution >= 0.6 is 0 Å². The van der Waals surface area contributed by atoms with Gasteiger partial charge in [0.05, 0.1) is 0 Å². The van der Waals surface area contributed by atoms with E-state index in [1.165, 1.54) is 14.2 Å². The summed E-state index contributed by atoms with van der Waals surface area (Å²) in [6.45, 7) is 0. The summed E-state index contributed by atoms with van der Waals surface area (Å²) in [7, 11) is 2.36. The van der Waals surface area contributed by atoms with Crippen molar-refractivity contribution in [3.63, 3.8) is 0 Å². The van der Waals surface area contributed by atoms with E-state index < -0.39 is 18.8 Å². The zero-order valence-electron chi connectivity index (χ0n) is 5.75. The molecule has 0 aliphatic carbocycles. The number of rotatable bonds is 4. The van der Waals surface area contributed by atoms with Crippen LogP contribution in [0.5, 0.6) is 0 Å². The number of ether oxygens (including phenoxy) is 2. The second-order valence-electron chi connectivity index (χ2n) is 1.66. The highest BCUT2D eigenvalue weighted by molar-refractivity contribution is 4.60. The quantitative estimate of drug-likeness (QED) is 0.592.